The zero-order valence-electron chi connectivity index (χ0n) is 81.0. The van der Waals surface area contributed by atoms with Gasteiger partial charge in [0.2, 0.25) is 0 Å². The molecule has 3 fully saturated rings. The van der Waals surface area contributed by atoms with Crippen LogP contribution in [0.2, 0.25) is 58.9 Å². The van der Waals surface area contributed by atoms with E-state index in [4.69, 9.17) is 15.0 Å². The van der Waals surface area contributed by atoms with E-state index in [1.165, 1.54) is 212 Å². The predicted octanol–water partition coefficient (Wildman–Crippen LogP) is 33.5. The molecule has 3 saturated carbocycles. The Kier molecular flexibility index (Phi) is 36.5. The molecule has 21 rings (SSSR count). The van der Waals surface area contributed by atoms with E-state index >= 15 is 0 Å². The van der Waals surface area contributed by atoms with Crippen LogP contribution in [0.4, 0.5) is 0 Å². The van der Waals surface area contributed by atoms with E-state index in [9.17, 15) is 0 Å². The molecule has 9 heterocycles. The van der Waals surface area contributed by atoms with Gasteiger partial charge in [-0.25, -0.2) is 0 Å². The van der Waals surface area contributed by atoms with Crippen LogP contribution in [-0.4, -0.2) is 54.1 Å². The minimum absolute atomic E-state index is 0. The summed E-state index contributed by atoms with van der Waals surface area (Å²) >= 11 is 5.70. The van der Waals surface area contributed by atoms with Crippen molar-refractivity contribution in [3.63, 3.8) is 0 Å². The first-order valence-electron chi connectivity index (χ1n) is 48.1. The van der Waals surface area contributed by atoms with E-state index in [1.54, 1.807) is 5.19 Å². The SMILES string of the molecule is CC(C)c1ccc(-c2[c-]cccc2)nc1.CC(C)c1ccc(-c2[c-]cccc2)nc1.CC(C)c1ccc(-c2[c-]cccc2)nc1.C[Si](C)(C)c1c[c-]c(-c2cc(C3CCCCC3)ccn2)c2sc3ccccc3c12.C[Si](C)(C)c1ccc2sc3c(-c4cc(C5CCCCC5)ccn4)[c-]ccc3c2c1.C[Si](C)(C)c1cccc2sc3c(-c4cc(C5CCCCC5)ccn4)[c-]ccc3c12.[Ir].[Ir].[Ir]. The van der Waals surface area contributed by atoms with Crippen molar-refractivity contribution < 1.29 is 60.3 Å². The molecule has 699 valence electrons. The molecule has 0 unspecified atom stereocenters. The molecule has 0 aliphatic heterocycles. The molecule has 0 N–H and O–H groups in total. The fourth-order valence-electron chi connectivity index (χ4n) is 18.8. The van der Waals surface area contributed by atoms with Crippen molar-refractivity contribution in [3.05, 3.63) is 344 Å². The van der Waals surface area contributed by atoms with E-state index in [1.807, 2.05) is 144 Å². The number of hydrogen-bond acceptors (Lipinski definition) is 9. The van der Waals surface area contributed by atoms with Crippen molar-refractivity contribution in [2.24, 2.45) is 0 Å². The number of fused-ring (bicyclic) bond motifs is 9. The largest absolute Gasteiger partial charge is 0.305 e. The van der Waals surface area contributed by atoms with Gasteiger partial charge in [-0.05, 0) is 192 Å². The van der Waals surface area contributed by atoms with Crippen LogP contribution >= 0.6 is 34.0 Å². The molecule has 9 aromatic heterocycles. The Morgan fingerprint density at radius 2 is 0.674 bits per heavy atom. The van der Waals surface area contributed by atoms with Crippen molar-refractivity contribution in [1.29, 1.82) is 0 Å². The molecular weight excluding hydrogens is 2280 g/mol. The van der Waals surface area contributed by atoms with Gasteiger partial charge in [0.05, 0.1) is 16.1 Å². The smallest absolute Gasteiger partial charge is 0.0783 e. The van der Waals surface area contributed by atoms with Crippen molar-refractivity contribution in [2.75, 3.05) is 0 Å². The van der Waals surface area contributed by atoms with E-state index in [2.05, 4.69) is 316 Å². The molecular formula is C120H126Ir3N6S3Si3-6. The first kappa shape index (κ1) is 104. The molecule has 6 nitrogen and oxygen atoms in total. The third kappa shape index (κ3) is 25.6. The van der Waals surface area contributed by atoms with Gasteiger partial charge in [0.15, 0.2) is 0 Å². The summed E-state index contributed by atoms with van der Waals surface area (Å²) < 4.78 is 8.14. The average molecular weight is 2410 g/mol. The van der Waals surface area contributed by atoms with Crippen LogP contribution < -0.4 is 15.6 Å². The number of pyridine rings is 6. The van der Waals surface area contributed by atoms with Gasteiger partial charge >= 0.3 is 0 Å². The summed E-state index contributed by atoms with van der Waals surface area (Å²) in [6.45, 7) is 34.9. The number of rotatable bonds is 15. The third-order valence-corrected chi connectivity index (χ3v) is 36.2. The van der Waals surface area contributed by atoms with E-state index in [0.717, 1.165) is 56.4 Å². The molecule has 18 aromatic rings. The molecule has 3 aliphatic rings. The number of benzene rings is 9. The van der Waals surface area contributed by atoms with Crippen molar-refractivity contribution in [3.8, 4) is 67.5 Å². The van der Waals surface area contributed by atoms with E-state index in [-0.39, 0.29) is 60.3 Å². The molecule has 3 aliphatic carbocycles. The molecule has 0 bridgehead atoms. The summed E-state index contributed by atoms with van der Waals surface area (Å²) in [5, 5.41) is 13.0. The molecule has 15 heteroatoms. The van der Waals surface area contributed by atoms with Crippen LogP contribution in [0.1, 0.15) is 207 Å². The fraction of sp³-hybridized carbons (Fsp3) is 0.300. The monoisotopic (exact) mass is 2410 g/mol. The standard InChI is InChI=1S/3C26H28NSSi.3C14H14N.3Ir/c1-29(2,3)24-14-8-13-23-25(24)21-12-7-11-20(26(21)28-23)22-17-19(15-16-27-22)18-9-5-4-6-10-18;1-29(2,3)24-14-13-20(26-25(24)21-11-7-8-12-23(21)28-26)22-17-19(15-16-27-22)18-9-5-4-6-10-18;1-29(2,3)20-12-13-25-23(17-20)21-10-7-11-22(26(21)28-25)24-16-19(14-15-27-24)18-8-5-4-6-9-18;3*1-11(2)13-8-9-14(15-10-13)12-6-4-3-5-7-12;;;/h7-8,12-18H,4-6,9-10H2,1-3H3;7-8,11-12,14-18H,4-6,9-10H2,1-3H3;7,10,12-18H,4-6,8-9H2,1-3H3;3*3-6,8-11H,1-2H3;;;/q6*-1;;;. The maximum atomic E-state index is 4.80. The van der Waals surface area contributed by atoms with Gasteiger partial charge in [-0.3, -0.25) is 0 Å². The Bertz CT molecular complexity index is 6660. The van der Waals surface area contributed by atoms with Gasteiger partial charge in [0, 0.05) is 120 Å². The number of thiophene rings is 3. The maximum absolute atomic E-state index is 4.80. The second kappa shape index (κ2) is 47.7. The molecule has 0 saturated heterocycles. The van der Waals surface area contributed by atoms with E-state index < -0.39 is 24.2 Å². The Balaban J connectivity index is 0.000000140. The van der Waals surface area contributed by atoms with Gasteiger partial charge in [-0.1, -0.05) is 299 Å². The van der Waals surface area contributed by atoms with Crippen LogP contribution in [0.3, 0.4) is 0 Å². The van der Waals surface area contributed by atoms with Crippen LogP contribution in [0.25, 0.3) is 128 Å². The normalized spacial score (nSPS) is 13.8. The number of hydrogen-bond donors (Lipinski definition) is 0. The Labute approximate surface area is 859 Å². The Hall–Kier alpha value is -8.86. The van der Waals surface area contributed by atoms with Crippen LogP contribution in [0, 0.1) is 36.4 Å². The van der Waals surface area contributed by atoms with Gasteiger partial charge < -0.3 is 29.9 Å². The molecule has 0 amide bonds. The Morgan fingerprint density at radius 1 is 0.289 bits per heavy atom. The predicted molar refractivity (Wildman–Crippen MR) is 578 cm³/mol. The van der Waals surface area contributed by atoms with Crippen LogP contribution in [0.5, 0.6) is 0 Å². The number of nitrogens with zero attached hydrogens (tertiary/aromatic N) is 6. The topological polar surface area (TPSA) is 77.3 Å². The zero-order valence-corrected chi connectivity index (χ0v) is 93.6. The first-order chi connectivity index (χ1) is 63.9. The van der Waals surface area contributed by atoms with Crippen LogP contribution in [0.15, 0.2) is 274 Å². The second-order valence-electron chi connectivity index (χ2n) is 40.1. The summed E-state index contributed by atoms with van der Waals surface area (Å²) in [6, 6.07) is 104. The summed E-state index contributed by atoms with van der Waals surface area (Å²) in [6.07, 6.45) is 32.1. The molecule has 0 spiro atoms. The van der Waals surface area contributed by atoms with Gasteiger partial charge in [0.1, 0.15) is 0 Å². The van der Waals surface area contributed by atoms with Gasteiger partial charge in [0.25, 0.3) is 0 Å². The van der Waals surface area contributed by atoms with Gasteiger partial charge in [-0.15, -0.1) is 178 Å². The molecule has 9 aromatic carbocycles. The quantitative estimate of drug-likeness (QED) is 0.0752. The Morgan fingerprint density at radius 3 is 1.07 bits per heavy atom. The van der Waals surface area contributed by atoms with Gasteiger partial charge in [-0.2, -0.15) is 34.0 Å². The van der Waals surface area contributed by atoms with Crippen LogP contribution in [-0.2, 0) is 60.3 Å². The summed E-state index contributed by atoms with van der Waals surface area (Å²) in [4.78, 5) is 27.7. The second-order valence-corrected chi connectivity index (χ2v) is 58.4. The van der Waals surface area contributed by atoms with Crippen molar-refractivity contribution in [2.45, 2.75) is 232 Å². The average Bonchev–Trinajstić information content (AvgIpc) is 1.61. The van der Waals surface area contributed by atoms with E-state index in [0.29, 0.717) is 35.5 Å². The zero-order chi connectivity index (χ0) is 92.0. The fourth-order valence-corrected chi connectivity index (χ4v) is 26.9. The van der Waals surface area contributed by atoms with Crippen molar-refractivity contribution >= 4 is 134 Å². The molecule has 0 atom stereocenters. The molecule has 3 radical (unpaired) electrons. The third-order valence-electron chi connectivity index (χ3n) is 26.5. The summed E-state index contributed by atoms with van der Waals surface area (Å²) in [5.41, 5.74) is 21.1. The number of aromatic nitrogens is 6. The minimum atomic E-state index is -1.49. The summed E-state index contributed by atoms with van der Waals surface area (Å²) in [7, 11) is -4.24. The summed E-state index contributed by atoms with van der Waals surface area (Å²) in [5.74, 6) is 3.70. The first-order valence-corrected chi connectivity index (χ1v) is 61.1. The minimum Gasteiger partial charge on any atom is -0.305 e. The van der Waals surface area contributed by atoms with Crippen molar-refractivity contribution in [1.82, 2.24) is 29.9 Å². The maximum Gasteiger partial charge on any atom is 0.0783 e. The molecule has 135 heavy (non-hydrogen) atoms.